The van der Waals surface area contributed by atoms with Gasteiger partial charge in [0.15, 0.2) is 0 Å². The number of amides is 1. The summed E-state index contributed by atoms with van der Waals surface area (Å²) in [5, 5.41) is 33.3. The molecule has 0 radical (unpaired) electrons. The number of hydrogen-bond acceptors (Lipinski definition) is 7. The van der Waals surface area contributed by atoms with Gasteiger partial charge in [0.05, 0.1) is 17.7 Å². The van der Waals surface area contributed by atoms with E-state index in [1.54, 1.807) is 13.8 Å². The lowest BCUT2D eigenvalue weighted by Gasteiger charge is -2.39. The summed E-state index contributed by atoms with van der Waals surface area (Å²) in [6.07, 6.45) is 1.77. The molecular weight excluding hydrogens is 472 g/mol. The molecule has 4 N–H and O–H groups in total. The summed E-state index contributed by atoms with van der Waals surface area (Å²) in [6.45, 7) is 5.13. The van der Waals surface area contributed by atoms with Gasteiger partial charge in [-0.1, -0.05) is 11.6 Å². The number of piperidine rings is 1. The first-order valence-corrected chi connectivity index (χ1v) is 12.2. The molecule has 190 valence electrons. The van der Waals surface area contributed by atoms with Crippen LogP contribution in [0, 0.1) is 0 Å². The maximum Gasteiger partial charge on any atom is 0.255 e. The molecule has 1 fully saturated rings. The van der Waals surface area contributed by atoms with E-state index in [1.807, 2.05) is 18.2 Å². The van der Waals surface area contributed by atoms with Crippen LogP contribution in [0.15, 0.2) is 36.4 Å². The van der Waals surface area contributed by atoms with Crippen molar-refractivity contribution >= 4 is 17.5 Å². The van der Waals surface area contributed by atoms with Gasteiger partial charge < -0.3 is 35.0 Å². The van der Waals surface area contributed by atoms with Gasteiger partial charge in [0.2, 0.25) is 0 Å². The monoisotopic (exact) mass is 504 g/mol. The van der Waals surface area contributed by atoms with Crippen molar-refractivity contribution in [3.63, 3.8) is 0 Å². The molecule has 2 aliphatic rings. The summed E-state index contributed by atoms with van der Waals surface area (Å²) < 4.78 is 12.0. The zero-order valence-corrected chi connectivity index (χ0v) is 20.8. The molecule has 0 saturated carbocycles. The van der Waals surface area contributed by atoms with Crippen molar-refractivity contribution in [2.75, 3.05) is 32.8 Å². The summed E-state index contributed by atoms with van der Waals surface area (Å²) in [5.74, 6) is 0.592. The average Bonchev–Trinajstić information content (AvgIpc) is 3.16. The van der Waals surface area contributed by atoms with Gasteiger partial charge in [0.1, 0.15) is 35.6 Å². The zero-order chi connectivity index (χ0) is 25.2. The molecule has 0 aromatic heterocycles. The number of benzene rings is 2. The number of rotatable bonds is 8. The smallest absolute Gasteiger partial charge is 0.255 e. The highest BCUT2D eigenvalue weighted by Gasteiger charge is 2.42. The number of fused-ring (bicyclic) bond motifs is 1. The minimum atomic E-state index is -0.811. The molecule has 8 nitrogen and oxygen atoms in total. The quantitative estimate of drug-likeness (QED) is 0.437. The molecule has 2 aliphatic heterocycles. The van der Waals surface area contributed by atoms with Crippen molar-refractivity contribution in [2.45, 2.75) is 50.4 Å². The second-order valence-electron chi connectivity index (χ2n) is 10.2. The van der Waals surface area contributed by atoms with E-state index >= 15 is 0 Å². The van der Waals surface area contributed by atoms with Crippen LogP contribution >= 0.6 is 11.6 Å². The van der Waals surface area contributed by atoms with E-state index in [0.29, 0.717) is 6.54 Å². The minimum Gasteiger partial charge on any atom is -0.508 e. The molecule has 2 heterocycles. The first-order valence-electron chi connectivity index (χ1n) is 11.9. The Balaban J connectivity index is 1.29. The highest BCUT2D eigenvalue weighted by Crippen LogP contribution is 2.42. The van der Waals surface area contributed by atoms with Crippen molar-refractivity contribution in [1.82, 2.24) is 10.2 Å². The van der Waals surface area contributed by atoms with E-state index in [1.165, 1.54) is 18.2 Å². The molecule has 35 heavy (non-hydrogen) atoms. The molecule has 0 aliphatic carbocycles. The molecule has 1 amide bonds. The molecular formula is C26H33ClN2O6. The van der Waals surface area contributed by atoms with Crippen LogP contribution in [0.2, 0.25) is 5.02 Å². The van der Waals surface area contributed by atoms with E-state index in [9.17, 15) is 20.1 Å². The minimum absolute atomic E-state index is 0.0325. The Bertz CT molecular complexity index is 1070. The zero-order valence-electron chi connectivity index (χ0n) is 20.1. The first-order chi connectivity index (χ1) is 16.6. The summed E-state index contributed by atoms with van der Waals surface area (Å²) in [6, 6.07) is 9.95. The number of β-amino-alcohol motifs (C(OH)–C–C–N with tert-alkyl or cyclic N) is 1. The normalized spacial score (nSPS) is 18.1. The van der Waals surface area contributed by atoms with Gasteiger partial charge in [-0.15, -0.1) is 0 Å². The maximum absolute atomic E-state index is 12.7. The van der Waals surface area contributed by atoms with E-state index in [-0.39, 0.29) is 35.9 Å². The van der Waals surface area contributed by atoms with Gasteiger partial charge in [-0.25, -0.2) is 0 Å². The van der Waals surface area contributed by atoms with Crippen LogP contribution in [-0.2, 0) is 6.42 Å². The molecule has 0 bridgehead atoms. The summed E-state index contributed by atoms with van der Waals surface area (Å²) in [5.41, 5.74) is 0.341. The fourth-order valence-corrected chi connectivity index (χ4v) is 4.79. The van der Waals surface area contributed by atoms with Crippen LogP contribution in [0.1, 0.15) is 42.6 Å². The lowest BCUT2D eigenvalue weighted by Crippen LogP contribution is -2.49. The molecule has 2 aromatic rings. The van der Waals surface area contributed by atoms with E-state index < -0.39 is 17.6 Å². The number of aliphatic hydroxyl groups is 2. The van der Waals surface area contributed by atoms with Crippen LogP contribution in [0.25, 0.3) is 0 Å². The van der Waals surface area contributed by atoms with Gasteiger partial charge in [-0.3, -0.25) is 4.79 Å². The molecule has 0 unspecified atom stereocenters. The summed E-state index contributed by atoms with van der Waals surface area (Å²) in [7, 11) is 0. The van der Waals surface area contributed by atoms with Gasteiger partial charge in [-0.05, 0) is 49.7 Å². The van der Waals surface area contributed by atoms with Gasteiger partial charge in [0, 0.05) is 50.0 Å². The first kappa shape index (κ1) is 25.6. The van der Waals surface area contributed by atoms with Gasteiger partial charge >= 0.3 is 0 Å². The number of carbonyl (C=O) groups excluding carboxylic acids is 1. The number of nitrogens with one attached hydrogen (secondary N) is 1. The summed E-state index contributed by atoms with van der Waals surface area (Å²) >= 11 is 6.13. The average molecular weight is 505 g/mol. The lowest BCUT2D eigenvalue weighted by molar-refractivity contribution is -0.00201. The lowest BCUT2D eigenvalue weighted by atomic mass is 9.87. The van der Waals surface area contributed by atoms with Crippen molar-refractivity contribution < 1.29 is 29.6 Å². The Labute approximate surface area is 210 Å². The molecule has 2 aromatic carbocycles. The highest BCUT2D eigenvalue weighted by atomic mass is 35.5. The Kier molecular flexibility index (Phi) is 7.47. The molecule has 1 saturated heterocycles. The number of halogens is 1. The second kappa shape index (κ2) is 10.2. The molecule has 4 rings (SSSR count). The van der Waals surface area contributed by atoms with Crippen molar-refractivity contribution in [1.29, 1.82) is 0 Å². The SMILES string of the molecule is CC(C)(CO)NC(=O)c1ccc(O)cc1OC[C@H](O)CN1CCC2(CC1)Cc1cc(Cl)ccc1O2. The standard InChI is InChI=1S/C26H33ClN2O6/c1-25(2,16-30)28-24(33)21-5-4-19(31)12-23(21)34-15-20(32)14-29-9-7-26(8-10-29)13-17-11-18(27)3-6-22(17)35-26/h3-6,11-12,20,30-32H,7-10,13-16H2,1-2H3,(H,28,33)/t20-/m1/s1. The maximum atomic E-state index is 12.7. The van der Waals surface area contributed by atoms with E-state index in [0.717, 1.165) is 48.7 Å². The third kappa shape index (κ3) is 6.19. The number of nitrogens with zero attached hydrogens (tertiary/aromatic N) is 1. The number of carbonyl (C=O) groups is 1. The van der Waals surface area contributed by atoms with Gasteiger partial charge in [0.25, 0.3) is 5.91 Å². The largest absolute Gasteiger partial charge is 0.508 e. The topological polar surface area (TPSA) is 111 Å². The predicted octanol–water partition coefficient (Wildman–Crippen LogP) is 2.76. The number of ether oxygens (including phenoxy) is 2. The third-order valence-electron chi connectivity index (χ3n) is 6.59. The van der Waals surface area contributed by atoms with Gasteiger partial charge in [-0.2, -0.15) is 0 Å². The third-order valence-corrected chi connectivity index (χ3v) is 6.82. The Morgan fingerprint density at radius 1 is 1.26 bits per heavy atom. The van der Waals surface area contributed by atoms with Crippen LogP contribution in [0.4, 0.5) is 0 Å². The summed E-state index contributed by atoms with van der Waals surface area (Å²) in [4.78, 5) is 14.8. The van der Waals surface area contributed by atoms with Crippen LogP contribution in [0.3, 0.4) is 0 Å². The van der Waals surface area contributed by atoms with Crippen LogP contribution < -0.4 is 14.8 Å². The fourth-order valence-electron chi connectivity index (χ4n) is 4.59. The predicted molar refractivity (Wildman–Crippen MR) is 132 cm³/mol. The number of phenols is 1. The van der Waals surface area contributed by atoms with Crippen molar-refractivity contribution in [3.05, 3.63) is 52.5 Å². The number of aliphatic hydroxyl groups excluding tert-OH is 2. The fraction of sp³-hybridized carbons (Fsp3) is 0.500. The highest BCUT2D eigenvalue weighted by molar-refractivity contribution is 6.30. The van der Waals surface area contributed by atoms with Crippen LogP contribution in [0.5, 0.6) is 17.2 Å². The number of phenolic OH excluding ortho intramolecular Hbond substituents is 1. The molecule has 1 spiro atoms. The second-order valence-corrected chi connectivity index (χ2v) is 10.6. The number of hydrogen-bond donors (Lipinski definition) is 4. The Morgan fingerprint density at radius 2 is 2.00 bits per heavy atom. The number of aromatic hydroxyl groups is 1. The Morgan fingerprint density at radius 3 is 2.71 bits per heavy atom. The molecule has 9 heteroatoms. The van der Waals surface area contributed by atoms with Crippen molar-refractivity contribution in [3.8, 4) is 17.2 Å². The van der Waals surface area contributed by atoms with Crippen molar-refractivity contribution in [2.24, 2.45) is 0 Å². The molecule has 1 atom stereocenters. The van der Waals surface area contributed by atoms with E-state index in [2.05, 4.69) is 10.2 Å². The number of likely N-dealkylation sites (tertiary alicyclic amines) is 1. The van der Waals surface area contributed by atoms with Crippen LogP contribution in [-0.4, -0.2) is 76.2 Å². The Hall–Kier alpha value is -2.52. The van der Waals surface area contributed by atoms with E-state index in [4.69, 9.17) is 21.1 Å².